The highest BCUT2D eigenvalue weighted by molar-refractivity contribution is 4.77. The molecule has 2 atom stereocenters. The lowest BCUT2D eigenvalue weighted by atomic mass is 9.98. The summed E-state index contributed by atoms with van der Waals surface area (Å²) in [4.78, 5) is 2.52. The van der Waals surface area contributed by atoms with Crippen LogP contribution in [0.4, 0.5) is 0 Å². The third kappa shape index (κ3) is 4.49. The predicted molar refractivity (Wildman–Crippen MR) is 64.2 cm³/mol. The molecule has 0 bridgehead atoms. The smallest absolute Gasteiger partial charge is 0.0594 e. The molecule has 0 radical (unpaired) electrons. The van der Waals surface area contributed by atoms with Crippen molar-refractivity contribution in [3.8, 4) is 0 Å². The fraction of sp³-hybridized carbons (Fsp3) is 1.00. The van der Waals surface area contributed by atoms with Crippen LogP contribution in [0.5, 0.6) is 0 Å². The van der Waals surface area contributed by atoms with Crippen LogP contribution >= 0.6 is 0 Å². The molecule has 1 aliphatic rings. The Kier molecular flexibility index (Phi) is 6.22. The van der Waals surface area contributed by atoms with Gasteiger partial charge in [-0.25, -0.2) is 0 Å². The third-order valence-electron chi connectivity index (χ3n) is 3.36. The van der Waals surface area contributed by atoms with Crippen molar-refractivity contribution in [3.05, 3.63) is 0 Å². The second kappa shape index (κ2) is 7.20. The van der Waals surface area contributed by atoms with Crippen LogP contribution in [0.2, 0.25) is 0 Å². The summed E-state index contributed by atoms with van der Waals surface area (Å²) in [5, 5.41) is 3.60. The number of hydrogen-bond donors (Lipinski definition) is 1. The molecule has 1 fully saturated rings. The number of likely N-dealkylation sites (N-methyl/N-ethyl adjacent to an activating group) is 1. The first-order chi connectivity index (χ1) is 7.27. The Morgan fingerprint density at radius 3 is 2.47 bits per heavy atom. The molecule has 0 aromatic rings. The highest BCUT2D eigenvalue weighted by atomic mass is 16.5. The lowest BCUT2D eigenvalue weighted by Crippen LogP contribution is -2.48. The van der Waals surface area contributed by atoms with Crippen molar-refractivity contribution in [2.24, 2.45) is 5.92 Å². The van der Waals surface area contributed by atoms with Gasteiger partial charge < -0.3 is 10.1 Å². The molecule has 1 N–H and O–H groups in total. The lowest BCUT2D eigenvalue weighted by molar-refractivity contribution is 0.0305. The van der Waals surface area contributed by atoms with Crippen LogP contribution in [0.25, 0.3) is 0 Å². The van der Waals surface area contributed by atoms with Crippen molar-refractivity contribution in [2.45, 2.75) is 33.2 Å². The topological polar surface area (TPSA) is 24.5 Å². The zero-order valence-corrected chi connectivity index (χ0v) is 10.5. The Hall–Kier alpha value is -0.120. The van der Waals surface area contributed by atoms with Crippen molar-refractivity contribution in [2.75, 3.05) is 39.4 Å². The number of hydrogen-bond acceptors (Lipinski definition) is 3. The molecule has 3 nitrogen and oxygen atoms in total. The van der Waals surface area contributed by atoms with Gasteiger partial charge in [-0.05, 0) is 12.5 Å². The first-order valence-electron chi connectivity index (χ1n) is 6.31. The molecule has 0 amide bonds. The normalized spacial score (nSPS) is 22.6. The van der Waals surface area contributed by atoms with E-state index in [0.29, 0.717) is 6.04 Å². The fourth-order valence-electron chi connectivity index (χ4n) is 2.05. The minimum absolute atomic E-state index is 0.637. The maximum atomic E-state index is 5.37. The van der Waals surface area contributed by atoms with Crippen LogP contribution in [0.15, 0.2) is 0 Å². The maximum absolute atomic E-state index is 5.37. The van der Waals surface area contributed by atoms with E-state index in [2.05, 4.69) is 31.0 Å². The summed E-state index contributed by atoms with van der Waals surface area (Å²) in [6.07, 6.45) is 1.25. The standard InChI is InChI=1S/C12H26N2O/c1-4-11(3)12(13-5-2)10-14-6-8-15-9-7-14/h11-13H,4-10H2,1-3H3. The number of morpholine rings is 1. The number of ether oxygens (including phenoxy) is 1. The predicted octanol–water partition coefficient (Wildman–Crippen LogP) is 1.34. The van der Waals surface area contributed by atoms with Crippen LogP contribution in [0, 0.1) is 5.92 Å². The van der Waals surface area contributed by atoms with Gasteiger partial charge in [0.1, 0.15) is 0 Å². The Morgan fingerprint density at radius 2 is 1.93 bits per heavy atom. The summed E-state index contributed by atoms with van der Waals surface area (Å²) < 4.78 is 5.37. The molecule has 0 spiro atoms. The van der Waals surface area contributed by atoms with E-state index < -0.39 is 0 Å². The first-order valence-corrected chi connectivity index (χ1v) is 6.31. The Bertz CT molecular complexity index is 158. The average molecular weight is 214 g/mol. The molecule has 90 valence electrons. The van der Waals surface area contributed by atoms with Crippen LogP contribution < -0.4 is 5.32 Å². The second-order valence-electron chi connectivity index (χ2n) is 4.46. The zero-order chi connectivity index (χ0) is 11.1. The summed E-state index contributed by atoms with van der Waals surface area (Å²) in [5.74, 6) is 0.757. The van der Waals surface area contributed by atoms with E-state index in [9.17, 15) is 0 Å². The SMILES string of the molecule is CCNC(CN1CCOCC1)C(C)CC. The number of nitrogens with one attached hydrogen (secondary N) is 1. The molecule has 1 saturated heterocycles. The van der Waals surface area contributed by atoms with Crippen LogP contribution in [-0.2, 0) is 4.74 Å². The van der Waals surface area contributed by atoms with Gasteiger partial charge in [-0.2, -0.15) is 0 Å². The van der Waals surface area contributed by atoms with Gasteiger partial charge in [-0.15, -0.1) is 0 Å². The Labute approximate surface area is 94.2 Å². The van der Waals surface area contributed by atoms with E-state index in [1.807, 2.05) is 0 Å². The maximum Gasteiger partial charge on any atom is 0.0594 e. The quantitative estimate of drug-likeness (QED) is 0.722. The van der Waals surface area contributed by atoms with Crippen LogP contribution in [0.1, 0.15) is 27.2 Å². The van der Waals surface area contributed by atoms with Crippen molar-refractivity contribution < 1.29 is 4.74 Å². The minimum atomic E-state index is 0.637. The van der Waals surface area contributed by atoms with Gasteiger partial charge in [0, 0.05) is 25.7 Å². The molecule has 3 heteroatoms. The summed E-state index contributed by atoms with van der Waals surface area (Å²) >= 11 is 0. The molecule has 0 aromatic heterocycles. The molecule has 0 saturated carbocycles. The monoisotopic (exact) mass is 214 g/mol. The number of rotatable bonds is 6. The molecular formula is C12H26N2O. The van der Waals surface area contributed by atoms with E-state index in [4.69, 9.17) is 4.74 Å². The summed E-state index contributed by atoms with van der Waals surface area (Å²) in [6.45, 7) is 13.0. The van der Waals surface area contributed by atoms with Crippen molar-refractivity contribution in [1.29, 1.82) is 0 Å². The number of nitrogens with zero attached hydrogens (tertiary/aromatic N) is 1. The van der Waals surface area contributed by atoms with Gasteiger partial charge in [0.25, 0.3) is 0 Å². The van der Waals surface area contributed by atoms with E-state index >= 15 is 0 Å². The average Bonchev–Trinajstić information content (AvgIpc) is 2.29. The zero-order valence-electron chi connectivity index (χ0n) is 10.5. The van der Waals surface area contributed by atoms with Crippen LogP contribution in [-0.4, -0.2) is 50.3 Å². The first kappa shape index (κ1) is 12.9. The van der Waals surface area contributed by atoms with E-state index in [-0.39, 0.29) is 0 Å². The largest absolute Gasteiger partial charge is 0.379 e. The Morgan fingerprint density at radius 1 is 1.27 bits per heavy atom. The molecule has 15 heavy (non-hydrogen) atoms. The molecule has 1 rings (SSSR count). The fourth-order valence-corrected chi connectivity index (χ4v) is 2.05. The third-order valence-corrected chi connectivity index (χ3v) is 3.36. The summed E-state index contributed by atoms with van der Waals surface area (Å²) in [5.41, 5.74) is 0. The molecule has 0 aromatic carbocycles. The lowest BCUT2D eigenvalue weighted by Gasteiger charge is -2.33. The van der Waals surface area contributed by atoms with E-state index in [1.165, 1.54) is 13.0 Å². The van der Waals surface area contributed by atoms with Gasteiger partial charge in [0.15, 0.2) is 0 Å². The molecule has 0 aliphatic carbocycles. The molecule has 2 unspecified atom stereocenters. The molecular weight excluding hydrogens is 188 g/mol. The van der Waals surface area contributed by atoms with Gasteiger partial charge >= 0.3 is 0 Å². The van der Waals surface area contributed by atoms with Gasteiger partial charge in [0.2, 0.25) is 0 Å². The highest BCUT2D eigenvalue weighted by Crippen LogP contribution is 2.10. The Balaban J connectivity index is 2.34. The van der Waals surface area contributed by atoms with Gasteiger partial charge in [-0.1, -0.05) is 27.2 Å². The van der Waals surface area contributed by atoms with Crippen molar-refractivity contribution in [3.63, 3.8) is 0 Å². The molecule has 1 heterocycles. The van der Waals surface area contributed by atoms with Crippen molar-refractivity contribution >= 4 is 0 Å². The summed E-state index contributed by atoms with van der Waals surface area (Å²) in [6, 6.07) is 0.637. The van der Waals surface area contributed by atoms with Gasteiger partial charge in [-0.3, -0.25) is 4.90 Å². The second-order valence-corrected chi connectivity index (χ2v) is 4.46. The van der Waals surface area contributed by atoms with E-state index in [1.54, 1.807) is 0 Å². The van der Waals surface area contributed by atoms with Crippen molar-refractivity contribution in [1.82, 2.24) is 10.2 Å². The van der Waals surface area contributed by atoms with E-state index in [0.717, 1.165) is 38.8 Å². The van der Waals surface area contributed by atoms with Gasteiger partial charge in [0.05, 0.1) is 13.2 Å². The minimum Gasteiger partial charge on any atom is -0.379 e. The highest BCUT2D eigenvalue weighted by Gasteiger charge is 2.19. The summed E-state index contributed by atoms with van der Waals surface area (Å²) in [7, 11) is 0. The van der Waals surface area contributed by atoms with Crippen LogP contribution in [0.3, 0.4) is 0 Å². The molecule has 1 aliphatic heterocycles.